The second-order valence-electron chi connectivity index (χ2n) is 7.29. The van der Waals surface area contributed by atoms with E-state index in [1.807, 2.05) is 11.7 Å². The van der Waals surface area contributed by atoms with Crippen LogP contribution in [-0.2, 0) is 17.8 Å². The minimum Gasteiger partial charge on any atom is -0.385 e. The number of nitrogens with one attached hydrogen (secondary N) is 2. The number of rotatable bonds is 9. The lowest BCUT2D eigenvalue weighted by atomic mass is 9.67. The first-order valence-corrected chi connectivity index (χ1v) is 9.57. The molecule has 1 saturated carbocycles. The highest BCUT2D eigenvalue weighted by molar-refractivity contribution is 5.79. The van der Waals surface area contributed by atoms with E-state index in [1.165, 1.54) is 30.4 Å². The quantitative estimate of drug-likeness (QED) is 0.523. The molecule has 7 heteroatoms. The summed E-state index contributed by atoms with van der Waals surface area (Å²) < 4.78 is 7.10. The van der Waals surface area contributed by atoms with Gasteiger partial charge >= 0.3 is 0 Å². The second kappa shape index (κ2) is 9.50. The maximum absolute atomic E-state index is 5.28. The number of nitrogens with zero attached hydrogens (tertiary/aromatic N) is 4. The molecule has 2 aromatic rings. The average molecular weight is 371 g/mol. The first-order chi connectivity index (χ1) is 13.2. The molecule has 0 radical (unpaired) electrons. The molecule has 1 heterocycles. The van der Waals surface area contributed by atoms with Gasteiger partial charge in [0.1, 0.15) is 12.7 Å². The maximum Gasteiger partial charge on any atom is 0.191 e. The van der Waals surface area contributed by atoms with Gasteiger partial charge in [-0.3, -0.25) is 4.99 Å². The molecule has 7 nitrogen and oxygen atoms in total. The van der Waals surface area contributed by atoms with E-state index in [9.17, 15) is 0 Å². The van der Waals surface area contributed by atoms with Gasteiger partial charge in [-0.2, -0.15) is 5.10 Å². The zero-order chi connectivity index (χ0) is 19.0. The van der Waals surface area contributed by atoms with Crippen LogP contribution in [0.3, 0.4) is 0 Å². The van der Waals surface area contributed by atoms with Gasteiger partial charge in [-0.15, -0.1) is 0 Å². The van der Waals surface area contributed by atoms with Crippen molar-refractivity contribution in [2.75, 3.05) is 27.3 Å². The fourth-order valence-electron chi connectivity index (χ4n) is 3.53. The van der Waals surface area contributed by atoms with Gasteiger partial charge in [-0.1, -0.05) is 30.7 Å². The van der Waals surface area contributed by atoms with Crippen LogP contribution in [0.15, 0.2) is 41.9 Å². The van der Waals surface area contributed by atoms with E-state index >= 15 is 0 Å². The molecule has 1 fully saturated rings. The molecule has 1 aromatic heterocycles. The lowest BCUT2D eigenvalue weighted by molar-refractivity contribution is 0.0732. The van der Waals surface area contributed by atoms with Gasteiger partial charge in [-0.05, 0) is 35.8 Å². The molecular weight excluding hydrogens is 340 g/mol. The Kier molecular flexibility index (Phi) is 6.81. The van der Waals surface area contributed by atoms with Gasteiger partial charge in [0.15, 0.2) is 5.96 Å². The van der Waals surface area contributed by atoms with Gasteiger partial charge in [0.25, 0.3) is 0 Å². The number of guanidine groups is 1. The van der Waals surface area contributed by atoms with Gasteiger partial charge in [0.05, 0.1) is 6.54 Å². The molecule has 0 aliphatic heterocycles. The molecule has 0 unspecified atom stereocenters. The highest BCUT2D eigenvalue weighted by Gasteiger charge is 2.36. The van der Waals surface area contributed by atoms with Crippen molar-refractivity contribution in [3.8, 4) is 0 Å². The molecule has 0 spiro atoms. The third-order valence-corrected chi connectivity index (χ3v) is 5.37. The van der Waals surface area contributed by atoms with Crippen LogP contribution in [0, 0.1) is 5.41 Å². The van der Waals surface area contributed by atoms with E-state index in [-0.39, 0.29) is 0 Å². The summed E-state index contributed by atoms with van der Waals surface area (Å²) >= 11 is 0. The number of hydrogen-bond donors (Lipinski definition) is 2. The molecule has 3 rings (SSSR count). The van der Waals surface area contributed by atoms with E-state index in [0.717, 1.165) is 38.6 Å². The van der Waals surface area contributed by atoms with Gasteiger partial charge < -0.3 is 15.4 Å². The van der Waals surface area contributed by atoms with Crippen molar-refractivity contribution in [1.82, 2.24) is 25.4 Å². The molecule has 0 amide bonds. The first-order valence-electron chi connectivity index (χ1n) is 9.57. The minimum absolute atomic E-state index is 0.366. The largest absolute Gasteiger partial charge is 0.385 e. The topological polar surface area (TPSA) is 76.4 Å². The van der Waals surface area contributed by atoms with Crippen LogP contribution in [0.1, 0.15) is 36.8 Å². The third-order valence-electron chi connectivity index (χ3n) is 5.37. The Labute approximate surface area is 161 Å². The van der Waals surface area contributed by atoms with Crippen LogP contribution in [0.5, 0.6) is 0 Å². The van der Waals surface area contributed by atoms with E-state index in [4.69, 9.17) is 4.74 Å². The molecule has 1 aliphatic carbocycles. The fourth-order valence-corrected chi connectivity index (χ4v) is 3.53. The van der Waals surface area contributed by atoms with Crippen molar-refractivity contribution < 1.29 is 4.74 Å². The molecular formula is C20H30N6O. The predicted octanol–water partition coefficient (Wildman–Crippen LogP) is 2.20. The van der Waals surface area contributed by atoms with Crippen LogP contribution in [0.25, 0.3) is 0 Å². The molecule has 0 atom stereocenters. The zero-order valence-corrected chi connectivity index (χ0v) is 16.3. The van der Waals surface area contributed by atoms with Crippen molar-refractivity contribution >= 4 is 5.96 Å². The van der Waals surface area contributed by atoms with Crippen LogP contribution < -0.4 is 10.6 Å². The van der Waals surface area contributed by atoms with Crippen molar-refractivity contribution in [1.29, 1.82) is 0 Å². The van der Waals surface area contributed by atoms with E-state index in [0.29, 0.717) is 5.41 Å². The Bertz CT molecular complexity index is 724. The molecule has 146 valence electrons. The fraction of sp³-hybridized carbons (Fsp3) is 0.550. The summed E-state index contributed by atoms with van der Waals surface area (Å²) in [6.45, 7) is 3.23. The molecule has 1 aliphatic rings. The highest BCUT2D eigenvalue weighted by atomic mass is 16.5. The van der Waals surface area contributed by atoms with Crippen LogP contribution in [-0.4, -0.2) is 48.0 Å². The SMILES string of the molecule is CN=C(NCc1cccc(Cn2cncn2)c1)NCC1(CCOC)CCC1. The summed E-state index contributed by atoms with van der Waals surface area (Å²) in [4.78, 5) is 8.36. The molecule has 27 heavy (non-hydrogen) atoms. The number of methoxy groups -OCH3 is 1. The molecule has 0 bridgehead atoms. The molecule has 2 N–H and O–H groups in total. The number of benzene rings is 1. The smallest absolute Gasteiger partial charge is 0.191 e. The monoisotopic (exact) mass is 370 g/mol. The van der Waals surface area contributed by atoms with Crippen molar-refractivity contribution in [3.05, 3.63) is 48.0 Å². The second-order valence-corrected chi connectivity index (χ2v) is 7.29. The van der Waals surface area contributed by atoms with Gasteiger partial charge in [-0.25, -0.2) is 9.67 Å². The Morgan fingerprint density at radius 3 is 2.81 bits per heavy atom. The van der Waals surface area contributed by atoms with E-state index < -0.39 is 0 Å². The summed E-state index contributed by atoms with van der Waals surface area (Å²) in [6, 6.07) is 8.49. The van der Waals surface area contributed by atoms with Crippen molar-refractivity contribution in [2.24, 2.45) is 10.4 Å². The standard InChI is InChI=1S/C20H30N6O/c1-21-19(24-14-20(7-4-8-20)9-10-27-2)23-12-17-5-3-6-18(11-17)13-26-16-22-15-25-26/h3,5-6,11,15-16H,4,7-10,12-14H2,1-2H3,(H2,21,23,24). The van der Waals surface area contributed by atoms with Crippen LogP contribution in [0.4, 0.5) is 0 Å². The normalized spacial score (nSPS) is 16.0. The molecule has 1 aromatic carbocycles. The Balaban J connectivity index is 1.49. The Morgan fingerprint density at radius 2 is 2.15 bits per heavy atom. The first kappa shape index (κ1) is 19.4. The Morgan fingerprint density at radius 1 is 1.30 bits per heavy atom. The Hall–Kier alpha value is -2.41. The van der Waals surface area contributed by atoms with Gasteiger partial charge in [0, 0.05) is 33.9 Å². The summed E-state index contributed by atoms with van der Waals surface area (Å²) in [7, 11) is 3.59. The predicted molar refractivity (Wildman–Crippen MR) is 107 cm³/mol. The van der Waals surface area contributed by atoms with Gasteiger partial charge in [0.2, 0.25) is 0 Å². The number of hydrogen-bond acceptors (Lipinski definition) is 4. The third kappa shape index (κ3) is 5.53. The van der Waals surface area contributed by atoms with Crippen molar-refractivity contribution in [3.63, 3.8) is 0 Å². The summed E-state index contributed by atoms with van der Waals surface area (Å²) in [5.41, 5.74) is 2.79. The van der Waals surface area contributed by atoms with Crippen LogP contribution >= 0.6 is 0 Å². The average Bonchev–Trinajstić information content (AvgIpc) is 3.16. The summed E-state index contributed by atoms with van der Waals surface area (Å²) in [6.07, 6.45) is 8.25. The van der Waals surface area contributed by atoms with Crippen LogP contribution in [0.2, 0.25) is 0 Å². The van der Waals surface area contributed by atoms with E-state index in [1.54, 1.807) is 19.8 Å². The maximum atomic E-state index is 5.28. The summed E-state index contributed by atoms with van der Waals surface area (Å²) in [5, 5.41) is 11.1. The lowest BCUT2D eigenvalue weighted by Crippen LogP contribution is -2.46. The number of ether oxygens (including phenoxy) is 1. The summed E-state index contributed by atoms with van der Waals surface area (Å²) in [5.74, 6) is 0.848. The lowest BCUT2D eigenvalue weighted by Gasteiger charge is -2.42. The van der Waals surface area contributed by atoms with E-state index in [2.05, 4.69) is 50.0 Å². The number of aromatic nitrogens is 3. The van der Waals surface area contributed by atoms with Crippen molar-refractivity contribution in [2.45, 2.75) is 38.8 Å². The zero-order valence-electron chi connectivity index (χ0n) is 16.3. The number of aliphatic imine (C=N–C) groups is 1. The highest BCUT2D eigenvalue weighted by Crippen LogP contribution is 2.43. The molecule has 0 saturated heterocycles. The minimum atomic E-state index is 0.366.